The van der Waals surface area contributed by atoms with Gasteiger partial charge in [0.15, 0.2) is 5.75 Å². The minimum Gasteiger partial charge on any atom is -0.508 e. The monoisotopic (exact) mass is 455 g/mol. The molecule has 6 N–H and O–H groups in total. The Morgan fingerprint density at radius 3 is 2.15 bits per heavy atom. The molecule has 0 saturated carbocycles. The van der Waals surface area contributed by atoms with Crippen molar-refractivity contribution < 1.29 is 34.0 Å². The highest BCUT2D eigenvalue weighted by Gasteiger charge is 2.24. The average molecular weight is 455 g/mol. The van der Waals surface area contributed by atoms with Crippen molar-refractivity contribution in [3.05, 3.63) is 62.8 Å². The molecule has 172 valence electrons. The van der Waals surface area contributed by atoms with E-state index in [0.717, 1.165) is 12.1 Å². The summed E-state index contributed by atoms with van der Waals surface area (Å²) in [6, 6.07) is 4.49. The molecule has 0 bridgehead atoms. The fraction of sp³-hybridized carbons (Fsp3) is 0.130. The summed E-state index contributed by atoms with van der Waals surface area (Å²) in [5.41, 5.74) is 2.99. The molecule has 0 aliphatic heterocycles. The molecule has 0 aliphatic carbocycles. The summed E-state index contributed by atoms with van der Waals surface area (Å²) in [6.45, 7) is 8.97. The second-order valence-corrected chi connectivity index (χ2v) is 6.73. The van der Waals surface area contributed by atoms with Gasteiger partial charge in [-0.25, -0.2) is 9.59 Å². The van der Waals surface area contributed by atoms with Gasteiger partial charge in [0.2, 0.25) is 0 Å². The molecule has 2 heterocycles. The molecule has 2 aromatic heterocycles. The summed E-state index contributed by atoms with van der Waals surface area (Å²) in [7, 11) is 0. The quantitative estimate of drug-likeness (QED) is 0.174. The second kappa shape index (κ2) is 8.50. The second-order valence-electron chi connectivity index (χ2n) is 6.73. The zero-order chi connectivity index (χ0) is 24.6. The molecule has 0 saturated heterocycles. The molecule has 10 nitrogen and oxygen atoms in total. The topological polar surface area (TPSA) is 177 Å². The molecule has 0 atom stereocenters. The molecule has 2 aromatic carbocycles. The van der Waals surface area contributed by atoms with E-state index < -0.39 is 34.1 Å². The Balaban J connectivity index is 0.00000149. The summed E-state index contributed by atoms with van der Waals surface area (Å²) < 4.78 is 15.8. The van der Waals surface area contributed by atoms with Gasteiger partial charge in [-0.15, -0.1) is 0 Å². The Hall–Kier alpha value is -4.60. The highest BCUT2D eigenvalue weighted by atomic mass is 16.5. The summed E-state index contributed by atoms with van der Waals surface area (Å²) >= 11 is 0. The number of ether oxygens (including phenoxy) is 1. The van der Waals surface area contributed by atoms with Crippen LogP contribution >= 0.6 is 0 Å². The predicted molar refractivity (Wildman–Crippen MR) is 122 cm³/mol. The van der Waals surface area contributed by atoms with Gasteiger partial charge in [-0.3, -0.25) is 0 Å². The van der Waals surface area contributed by atoms with Gasteiger partial charge in [-0.2, -0.15) is 0 Å². The fourth-order valence-electron chi connectivity index (χ4n) is 3.21. The van der Waals surface area contributed by atoms with Crippen LogP contribution in [0.5, 0.6) is 28.7 Å². The van der Waals surface area contributed by atoms with E-state index in [1.54, 1.807) is 0 Å². The molecule has 0 amide bonds. The van der Waals surface area contributed by atoms with Crippen molar-refractivity contribution in [2.24, 2.45) is 0 Å². The average Bonchev–Trinajstić information content (AvgIpc) is 2.71. The lowest BCUT2D eigenvalue weighted by molar-refractivity contribution is 0.432. The zero-order valence-electron chi connectivity index (χ0n) is 17.9. The Bertz CT molecular complexity index is 1530. The highest BCUT2D eigenvalue weighted by molar-refractivity contribution is 5.95. The number of fused-ring (bicyclic) bond motifs is 2. The van der Waals surface area contributed by atoms with Crippen molar-refractivity contribution in [2.75, 3.05) is 5.73 Å². The molecule has 0 fully saturated rings. The number of nitrogen functional groups attached to an aromatic ring is 1. The van der Waals surface area contributed by atoms with Crippen LogP contribution in [0.15, 0.2) is 49.3 Å². The van der Waals surface area contributed by atoms with Crippen molar-refractivity contribution in [3.63, 3.8) is 0 Å². The Morgan fingerprint density at radius 1 is 0.909 bits per heavy atom. The van der Waals surface area contributed by atoms with E-state index >= 15 is 0 Å². The lowest BCUT2D eigenvalue weighted by atomic mass is 10.1. The molecular weight excluding hydrogens is 434 g/mol. The zero-order valence-corrected chi connectivity index (χ0v) is 17.9. The first kappa shape index (κ1) is 23.1. The minimum absolute atomic E-state index is 0.00936. The molecule has 0 unspecified atom stereocenters. The van der Waals surface area contributed by atoms with Gasteiger partial charge in [-0.05, 0) is 6.92 Å². The molecule has 4 aromatic rings. The first-order valence-electron chi connectivity index (χ1n) is 9.73. The Labute approximate surface area is 186 Å². The number of rotatable bonds is 3. The smallest absolute Gasteiger partial charge is 0.351 e. The van der Waals surface area contributed by atoms with Crippen LogP contribution in [-0.2, 0) is 0 Å². The van der Waals surface area contributed by atoms with Crippen molar-refractivity contribution >= 4 is 33.4 Å². The lowest BCUT2D eigenvalue weighted by Crippen LogP contribution is -2.12. The van der Waals surface area contributed by atoms with Gasteiger partial charge in [-0.1, -0.05) is 20.4 Å². The van der Waals surface area contributed by atoms with E-state index in [2.05, 4.69) is 6.58 Å². The summed E-state index contributed by atoms with van der Waals surface area (Å²) in [5.74, 6) is -2.63. The van der Waals surface area contributed by atoms with Crippen LogP contribution in [0.2, 0.25) is 0 Å². The third kappa shape index (κ3) is 3.89. The molecule has 0 spiro atoms. The molecule has 33 heavy (non-hydrogen) atoms. The Kier molecular flexibility index (Phi) is 5.94. The first-order valence-corrected chi connectivity index (χ1v) is 9.73. The molecule has 0 aliphatic rings. The minimum atomic E-state index is -1.08. The van der Waals surface area contributed by atoms with E-state index in [1.165, 1.54) is 19.1 Å². The van der Waals surface area contributed by atoms with E-state index in [9.17, 15) is 30.0 Å². The fourth-order valence-corrected chi connectivity index (χ4v) is 3.21. The first-order chi connectivity index (χ1) is 15.6. The van der Waals surface area contributed by atoms with Crippen molar-refractivity contribution in [3.8, 4) is 28.7 Å². The summed E-state index contributed by atoms with van der Waals surface area (Å²) in [6.07, 6.45) is 0. The van der Waals surface area contributed by atoms with Gasteiger partial charge in [0.25, 0.3) is 0 Å². The van der Waals surface area contributed by atoms with Crippen LogP contribution in [0.25, 0.3) is 27.7 Å². The maximum Gasteiger partial charge on any atom is 0.351 e. The summed E-state index contributed by atoms with van der Waals surface area (Å²) in [5, 5.41) is 40.2. The maximum atomic E-state index is 12.5. The van der Waals surface area contributed by atoms with Gasteiger partial charge in [0.05, 0.1) is 5.56 Å². The SMILES string of the molecule is C=C(Oc1c(C)c(=O)oc2cc(N)cc(O)c12)c1c(O)c2c(O)cc(O)cc2oc1=O.CC. The van der Waals surface area contributed by atoms with Crippen LogP contribution in [-0.4, -0.2) is 20.4 Å². The molecule has 4 rings (SSSR count). The van der Waals surface area contributed by atoms with Crippen LogP contribution in [0.3, 0.4) is 0 Å². The number of anilines is 1. The van der Waals surface area contributed by atoms with Crippen LogP contribution < -0.4 is 21.7 Å². The van der Waals surface area contributed by atoms with Gasteiger partial charge in [0.1, 0.15) is 56.3 Å². The third-order valence-corrected chi connectivity index (χ3v) is 4.63. The van der Waals surface area contributed by atoms with Crippen molar-refractivity contribution in [1.29, 1.82) is 0 Å². The molecular formula is C23H21NO9. The van der Waals surface area contributed by atoms with Crippen LogP contribution in [0.4, 0.5) is 5.69 Å². The molecule has 0 radical (unpaired) electrons. The van der Waals surface area contributed by atoms with E-state index in [-0.39, 0.29) is 50.4 Å². The maximum absolute atomic E-state index is 12.5. The van der Waals surface area contributed by atoms with Gasteiger partial charge >= 0.3 is 11.3 Å². The van der Waals surface area contributed by atoms with Crippen molar-refractivity contribution in [2.45, 2.75) is 20.8 Å². The van der Waals surface area contributed by atoms with Gasteiger partial charge < -0.3 is 39.7 Å². The number of nitrogens with two attached hydrogens (primary N) is 1. The number of benzene rings is 2. The van der Waals surface area contributed by atoms with Crippen LogP contribution in [0, 0.1) is 6.92 Å². The number of phenols is 3. The van der Waals surface area contributed by atoms with Crippen LogP contribution in [0.1, 0.15) is 25.0 Å². The van der Waals surface area contributed by atoms with E-state index in [1.807, 2.05) is 13.8 Å². The van der Waals surface area contributed by atoms with Gasteiger partial charge in [0, 0.05) is 30.0 Å². The largest absolute Gasteiger partial charge is 0.508 e. The summed E-state index contributed by atoms with van der Waals surface area (Å²) in [4.78, 5) is 24.7. The van der Waals surface area contributed by atoms with E-state index in [0.29, 0.717) is 0 Å². The standard InChI is InChI=1S/C21H15NO9.C2H6/c1-7-19(17-11(24)3-9(22)4-13(17)30-20(7)27)29-8(2)15-18(26)16-12(25)5-10(23)6-14(16)31-21(15)28;1-2/h3-6,23-26H,2,22H2,1H3;1-2H3. The van der Waals surface area contributed by atoms with E-state index in [4.69, 9.17) is 19.3 Å². The molecule has 10 heteroatoms. The normalized spacial score (nSPS) is 10.6. The predicted octanol–water partition coefficient (Wildman–Crippen LogP) is 3.69. The Morgan fingerprint density at radius 2 is 1.48 bits per heavy atom. The highest BCUT2D eigenvalue weighted by Crippen LogP contribution is 2.41. The number of hydrogen-bond acceptors (Lipinski definition) is 10. The lowest BCUT2D eigenvalue weighted by Gasteiger charge is -2.15. The van der Waals surface area contributed by atoms with Crippen molar-refractivity contribution in [1.82, 2.24) is 0 Å². The number of aromatic hydroxyl groups is 4. The number of hydrogen-bond donors (Lipinski definition) is 5. The number of phenolic OH excluding ortho intramolecular Hbond substituents is 3. The third-order valence-electron chi connectivity index (χ3n) is 4.63.